The minimum atomic E-state index is -2.88. The summed E-state index contributed by atoms with van der Waals surface area (Å²) in [4.78, 5) is 0. The van der Waals surface area contributed by atoms with Gasteiger partial charge in [0.15, 0.2) is 0 Å². The molecule has 166 valence electrons. The van der Waals surface area contributed by atoms with Gasteiger partial charge in [-0.15, -0.1) is 0 Å². The molecule has 0 spiro atoms. The molecule has 0 radical (unpaired) electrons. The van der Waals surface area contributed by atoms with E-state index in [4.69, 9.17) is 4.74 Å². The Morgan fingerprint density at radius 3 is 1.79 bits per heavy atom. The summed E-state index contributed by atoms with van der Waals surface area (Å²) in [5.41, 5.74) is 0. The highest BCUT2D eigenvalue weighted by Gasteiger charge is 2.62. The van der Waals surface area contributed by atoms with E-state index in [0.29, 0.717) is 11.8 Å². The predicted molar refractivity (Wildman–Crippen MR) is 115 cm³/mol. The molecule has 0 amide bonds. The number of ether oxygens (including phenoxy) is 1. The lowest BCUT2D eigenvalue weighted by Crippen LogP contribution is -2.61. The Hall–Kier alpha value is -0.440. The van der Waals surface area contributed by atoms with Crippen molar-refractivity contribution in [1.82, 2.24) is 0 Å². The van der Waals surface area contributed by atoms with Crippen LogP contribution in [-0.4, -0.2) is 12.2 Å². The van der Waals surface area contributed by atoms with Gasteiger partial charge in [-0.1, -0.05) is 38.3 Å². The molecular formula is C26H42F2O. The van der Waals surface area contributed by atoms with Crippen molar-refractivity contribution in [3.05, 3.63) is 12.2 Å². The third kappa shape index (κ3) is 4.75. The molecule has 1 aliphatic heterocycles. The molecule has 3 heteroatoms. The zero-order chi connectivity index (χ0) is 20.4. The molecule has 29 heavy (non-hydrogen) atoms. The van der Waals surface area contributed by atoms with Gasteiger partial charge < -0.3 is 4.74 Å². The van der Waals surface area contributed by atoms with Crippen LogP contribution in [0.2, 0.25) is 0 Å². The first kappa shape index (κ1) is 21.8. The topological polar surface area (TPSA) is 9.23 Å². The van der Waals surface area contributed by atoms with E-state index in [2.05, 4.69) is 26.0 Å². The van der Waals surface area contributed by atoms with Gasteiger partial charge in [0.25, 0.3) is 0 Å². The Balaban J connectivity index is 1.28. The number of hydrogen-bond donors (Lipinski definition) is 0. The van der Waals surface area contributed by atoms with E-state index in [9.17, 15) is 8.78 Å². The van der Waals surface area contributed by atoms with E-state index in [-0.39, 0.29) is 12.0 Å². The summed E-state index contributed by atoms with van der Waals surface area (Å²) >= 11 is 0. The smallest absolute Gasteiger partial charge is 0.316 e. The molecule has 0 unspecified atom stereocenters. The van der Waals surface area contributed by atoms with Gasteiger partial charge in [0.05, 0.1) is 12.0 Å². The van der Waals surface area contributed by atoms with Gasteiger partial charge in [-0.25, -0.2) is 0 Å². The third-order valence-corrected chi connectivity index (χ3v) is 9.24. The van der Waals surface area contributed by atoms with Crippen molar-refractivity contribution in [2.45, 2.75) is 110 Å². The fourth-order valence-corrected chi connectivity index (χ4v) is 7.37. The SMILES string of the molecule is C/C=C/[C@H]1CC[C@H]([C@H]2[C@H]([C@H]3CC[C@H](C4CCC(CC)CC4)CC3)OC2(F)F)CC1. The summed E-state index contributed by atoms with van der Waals surface area (Å²) in [6.45, 7) is 4.38. The quantitative estimate of drug-likeness (QED) is 0.419. The zero-order valence-corrected chi connectivity index (χ0v) is 18.6. The average molecular weight is 409 g/mol. The second-order valence-corrected chi connectivity index (χ2v) is 10.7. The lowest BCUT2D eigenvalue weighted by Gasteiger charge is -2.53. The molecule has 1 heterocycles. The number of hydrogen-bond acceptors (Lipinski definition) is 1. The molecule has 4 rings (SSSR count). The van der Waals surface area contributed by atoms with Gasteiger partial charge in [0.2, 0.25) is 0 Å². The fourth-order valence-electron chi connectivity index (χ4n) is 7.37. The minimum absolute atomic E-state index is 0.160. The van der Waals surface area contributed by atoms with Crippen molar-refractivity contribution in [1.29, 1.82) is 0 Å². The lowest BCUT2D eigenvalue weighted by molar-refractivity contribution is -0.418. The van der Waals surface area contributed by atoms with E-state index < -0.39 is 12.0 Å². The first-order valence-electron chi connectivity index (χ1n) is 12.7. The van der Waals surface area contributed by atoms with Crippen molar-refractivity contribution in [2.24, 2.45) is 41.4 Å². The van der Waals surface area contributed by atoms with Crippen LogP contribution >= 0.6 is 0 Å². The number of halogens is 2. The number of rotatable bonds is 5. The Kier molecular flexibility index (Phi) is 7.03. The van der Waals surface area contributed by atoms with Crippen LogP contribution in [0.5, 0.6) is 0 Å². The summed E-state index contributed by atoms with van der Waals surface area (Å²) in [7, 11) is 0. The van der Waals surface area contributed by atoms with Gasteiger partial charge in [-0.05, 0) is 107 Å². The minimum Gasteiger partial charge on any atom is -0.316 e. The highest BCUT2D eigenvalue weighted by molar-refractivity contribution is 5.00. The molecule has 0 aromatic carbocycles. The van der Waals surface area contributed by atoms with E-state index in [0.717, 1.165) is 56.3 Å². The van der Waals surface area contributed by atoms with Crippen LogP contribution in [0.15, 0.2) is 12.2 Å². The van der Waals surface area contributed by atoms with Crippen molar-refractivity contribution < 1.29 is 13.5 Å². The summed E-state index contributed by atoms with van der Waals surface area (Å²) in [6.07, 6.45) is 17.1. The van der Waals surface area contributed by atoms with E-state index in [1.807, 2.05) is 0 Å². The predicted octanol–water partition coefficient (Wildman–Crippen LogP) is 8.00. The number of alkyl halides is 2. The molecule has 1 nitrogen and oxygen atoms in total. The molecule has 2 atom stereocenters. The standard InChI is InChI=1S/C26H42F2O/c1-3-5-19-8-12-22(13-9-19)24-25(29-26(24,27)28)23-16-14-21(15-17-23)20-10-6-18(4-2)7-11-20/h3,5,18-25H,4,6-17H2,1-2H3/b5-3+/t18?,19-,20?,21-,22-,23-,24-,25-/m0/s1. The zero-order valence-electron chi connectivity index (χ0n) is 18.6. The Bertz CT molecular complexity index is 535. The van der Waals surface area contributed by atoms with Crippen molar-refractivity contribution in [3.8, 4) is 0 Å². The Morgan fingerprint density at radius 2 is 1.28 bits per heavy atom. The van der Waals surface area contributed by atoms with Gasteiger partial charge >= 0.3 is 6.11 Å². The molecule has 0 aromatic rings. The highest BCUT2D eigenvalue weighted by atomic mass is 19.3. The van der Waals surface area contributed by atoms with Crippen LogP contribution in [0, 0.1) is 41.4 Å². The van der Waals surface area contributed by atoms with Gasteiger partial charge in [0, 0.05) is 0 Å². The summed E-state index contributed by atoms with van der Waals surface area (Å²) in [5.74, 6) is 3.32. The van der Waals surface area contributed by atoms with Crippen LogP contribution in [0.4, 0.5) is 8.78 Å². The van der Waals surface area contributed by atoms with Gasteiger partial charge in [0.1, 0.15) is 0 Å². The van der Waals surface area contributed by atoms with E-state index in [1.165, 1.54) is 44.9 Å². The first-order chi connectivity index (χ1) is 14.0. The van der Waals surface area contributed by atoms with Crippen LogP contribution < -0.4 is 0 Å². The lowest BCUT2D eigenvalue weighted by atomic mass is 9.64. The summed E-state index contributed by atoms with van der Waals surface area (Å²) < 4.78 is 34.1. The number of allylic oxidation sites excluding steroid dienone is 2. The second kappa shape index (κ2) is 9.37. The first-order valence-corrected chi connectivity index (χ1v) is 12.7. The van der Waals surface area contributed by atoms with Crippen LogP contribution in [0.1, 0.15) is 97.3 Å². The molecular weight excluding hydrogens is 366 g/mol. The van der Waals surface area contributed by atoms with Crippen LogP contribution in [0.3, 0.4) is 0 Å². The Labute approximate surface area is 177 Å². The molecule has 0 aromatic heterocycles. The molecule has 3 saturated carbocycles. The highest BCUT2D eigenvalue weighted by Crippen LogP contribution is 2.55. The van der Waals surface area contributed by atoms with Crippen molar-refractivity contribution >= 4 is 0 Å². The maximum atomic E-state index is 14.4. The van der Waals surface area contributed by atoms with Crippen molar-refractivity contribution in [3.63, 3.8) is 0 Å². The fraction of sp³-hybridized carbons (Fsp3) is 0.923. The third-order valence-electron chi connectivity index (χ3n) is 9.24. The second-order valence-electron chi connectivity index (χ2n) is 10.7. The molecule has 4 aliphatic rings. The molecule has 0 N–H and O–H groups in total. The monoisotopic (exact) mass is 408 g/mol. The molecule has 3 aliphatic carbocycles. The summed E-state index contributed by atoms with van der Waals surface area (Å²) in [6, 6.07) is 0. The average Bonchev–Trinajstić information content (AvgIpc) is 2.74. The Morgan fingerprint density at radius 1 is 0.759 bits per heavy atom. The largest absolute Gasteiger partial charge is 0.361 e. The van der Waals surface area contributed by atoms with Gasteiger partial charge in [-0.2, -0.15) is 8.78 Å². The molecule has 0 bridgehead atoms. The molecule has 4 fully saturated rings. The van der Waals surface area contributed by atoms with Crippen molar-refractivity contribution in [2.75, 3.05) is 0 Å². The van der Waals surface area contributed by atoms with Crippen LogP contribution in [0.25, 0.3) is 0 Å². The molecule has 1 saturated heterocycles. The van der Waals surface area contributed by atoms with E-state index in [1.54, 1.807) is 0 Å². The normalized spacial score (nSPS) is 45.8. The van der Waals surface area contributed by atoms with Gasteiger partial charge in [-0.3, -0.25) is 0 Å². The maximum absolute atomic E-state index is 14.4. The van der Waals surface area contributed by atoms with E-state index >= 15 is 0 Å². The maximum Gasteiger partial charge on any atom is 0.361 e. The summed E-state index contributed by atoms with van der Waals surface area (Å²) in [5, 5.41) is 0. The van der Waals surface area contributed by atoms with Crippen LogP contribution in [-0.2, 0) is 4.74 Å².